The molecule has 1 saturated heterocycles. The van der Waals surface area contributed by atoms with Crippen LogP contribution in [0.25, 0.3) is 0 Å². The largest absolute Gasteiger partial charge is 0.493 e. The van der Waals surface area contributed by atoms with Gasteiger partial charge in [-0.05, 0) is 24.1 Å². The maximum Gasteiger partial charge on any atom is 0.274 e. The van der Waals surface area contributed by atoms with Gasteiger partial charge >= 0.3 is 0 Å². The summed E-state index contributed by atoms with van der Waals surface area (Å²) in [6, 6.07) is 4.44. The van der Waals surface area contributed by atoms with Crippen LogP contribution in [0.2, 0.25) is 5.02 Å². The van der Waals surface area contributed by atoms with Gasteiger partial charge in [0.1, 0.15) is 0 Å². The van der Waals surface area contributed by atoms with E-state index >= 15 is 0 Å². The van der Waals surface area contributed by atoms with Crippen molar-refractivity contribution in [1.82, 2.24) is 14.9 Å². The lowest BCUT2D eigenvalue weighted by atomic mass is 10.1. The van der Waals surface area contributed by atoms with E-state index < -0.39 is 36.8 Å². The van der Waals surface area contributed by atoms with Crippen molar-refractivity contribution in [2.45, 2.75) is 31.1 Å². The van der Waals surface area contributed by atoms with Crippen molar-refractivity contribution in [3.8, 4) is 11.5 Å². The van der Waals surface area contributed by atoms with Gasteiger partial charge in [-0.2, -0.15) is 0 Å². The second-order valence-corrected chi connectivity index (χ2v) is 12.2. The molecule has 1 atom stereocenters. The van der Waals surface area contributed by atoms with Crippen molar-refractivity contribution in [3.63, 3.8) is 0 Å². The third kappa shape index (κ3) is 5.56. The van der Waals surface area contributed by atoms with Crippen LogP contribution in [0.1, 0.15) is 29.4 Å². The Balaban J connectivity index is 2.04. The lowest BCUT2D eigenvalue weighted by Crippen LogP contribution is -2.41. The minimum Gasteiger partial charge on any atom is -0.493 e. The Morgan fingerprint density at radius 1 is 1.24 bits per heavy atom. The van der Waals surface area contributed by atoms with Gasteiger partial charge in [0, 0.05) is 12.6 Å². The van der Waals surface area contributed by atoms with Gasteiger partial charge in [0.25, 0.3) is 5.91 Å². The molecule has 1 aliphatic heterocycles. The number of nitrogens with zero attached hydrogens (tertiary/aromatic N) is 3. The van der Waals surface area contributed by atoms with E-state index in [1.807, 2.05) is 0 Å². The number of benzene rings is 1. The molecule has 10 nitrogen and oxygen atoms in total. The lowest BCUT2D eigenvalue weighted by molar-refractivity contribution is 0.0673. The number of amides is 1. The Morgan fingerprint density at radius 3 is 2.52 bits per heavy atom. The summed E-state index contributed by atoms with van der Waals surface area (Å²) >= 11 is 6.16. The smallest absolute Gasteiger partial charge is 0.274 e. The van der Waals surface area contributed by atoms with Crippen molar-refractivity contribution in [2.24, 2.45) is 0 Å². The summed E-state index contributed by atoms with van der Waals surface area (Å²) in [6.07, 6.45) is 1.30. The third-order valence-corrected chi connectivity index (χ3v) is 8.83. The Bertz CT molecular complexity index is 1270. The number of sulfone groups is 2. The summed E-state index contributed by atoms with van der Waals surface area (Å²) in [5.74, 6) is -0.270. The molecule has 33 heavy (non-hydrogen) atoms. The van der Waals surface area contributed by atoms with Gasteiger partial charge < -0.3 is 14.4 Å². The molecule has 1 aromatic heterocycles. The topological polar surface area (TPSA) is 133 Å². The summed E-state index contributed by atoms with van der Waals surface area (Å²) in [5, 5.41) is -0.643. The number of halogens is 1. The number of ether oxygens (including phenoxy) is 2. The number of methoxy groups -OCH3 is 2. The second kappa shape index (κ2) is 9.82. The average molecular weight is 518 g/mol. The highest BCUT2D eigenvalue weighted by Crippen LogP contribution is 2.30. The highest BCUT2D eigenvalue weighted by Gasteiger charge is 2.36. The van der Waals surface area contributed by atoms with Gasteiger partial charge in [0.2, 0.25) is 15.0 Å². The first-order valence-corrected chi connectivity index (χ1v) is 13.8. The molecule has 180 valence electrons. The molecule has 0 bridgehead atoms. The van der Waals surface area contributed by atoms with Crippen LogP contribution in [0, 0.1) is 0 Å². The van der Waals surface area contributed by atoms with Crippen LogP contribution in [0.15, 0.2) is 29.6 Å². The van der Waals surface area contributed by atoms with E-state index in [1.54, 1.807) is 18.2 Å². The Hall–Kier alpha value is -2.44. The molecule has 1 fully saturated rings. The zero-order valence-corrected chi connectivity index (χ0v) is 20.7. The molecule has 2 aromatic rings. The summed E-state index contributed by atoms with van der Waals surface area (Å²) in [7, 11) is -4.13. The highest BCUT2D eigenvalue weighted by molar-refractivity contribution is 7.91. The first-order chi connectivity index (χ1) is 15.5. The second-order valence-electron chi connectivity index (χ2n) is 7.43. The number of carbonyl (C=O) groups excluding carboxylic acids is 1. The fourth-order valence-electron chi connectivity index (χ4n) is 3.48. The number of rotatable bonds is 8. The highest BCUT2D eigenvalue weighted by atomic mass is 35.5. The van der Waals surface area contributed by atoms with Crippen LogP contribution in [-0.4, -0.2) is 75.1 Å². The van der Waals surface area contributed by atoms with Crippen molar-refractivity contribution < 1.29 is 31.1 Å². The molecule has 2 heterocycles. The predicted molar refractivity (Wildman–Crippen MR) is 121 cm³/mol. The van der Waals surface area contributed by atoms with Crippen molar-refractivity contribution in [3.05, 3.63) is 40.7 Å². The van der Waals surface area contributed by atoms with Crippen LogP contribution >= 0.6 is 11.6 Å². The molecule has 0 N–H and O–H groups in total. The van der Waals surface area contributed by atoms with Gasteiger partial charge in [-0.3, -0.25) is 4.79 Å². The molecule has 0 aliphatic carbocycles. The standard InChI is InChI=1S/C20H24ClN3O7S2/c1-4-33(28,29)20-22-10-15(21)18(23-20)19(25)24(14-7-8-32(26,27)12-14)11-13-5-6-16(30-2)17(9-13)31-3/h5-6,9-10,14H,4,7-8,11-12H2,1-3H3. The van der Waals surface area contributed by atoms with E-state index in [4.69, 9.17) is 21.1 Å². The average Bonchev–Trinajstić information content (AvgIpc) is 3.16. The van der Waals surface area contributed by atoms with E-state index in [0.29, 0.717) is 17.1 Å². The maximum absolute atomic E-state index is 13.5. The number of aromatic nitrogens is 2. The van der Waals surface area contributed by atoms with E-state index in [2.05, 4.69) is 9.97 Å². The molecule has 13 heteroatoms. The zero-order valence-electron chi connectivity index (χ0n) is 18.3. The normalized spacial score (nSPS) is 17.5. The molecule has 1 amide bonds. The van der Waals surface area contributed by atoms with Gasteiger partial charge in [-0.1, -0.05) is 24.6 Å². The van der Waals surface area contributed by atoms with Gasteiger partial charge in [-0.15, -0.1) is 0 Å². The molecule has 3 rings (SSSR count). The number of hydrogen-bond donors (Lipinski definition) is 0. The van der Waals surface area contributed by atoms with Crippen molar-refractivity contribution in [2.75, 3.05) is 31.5 Å². The summed E-state index contributed by atoms with van der Waals surface area (Å²) in [5.41, 5.74) is 0.348. The molecular formula is C20H24ClN3O7S2. The fraction of sp³-hybridized carbons (Fsp3) is 0.450. The molecule has 0 spiro atoms. The van der Waals surface area contributed by atoms with E-state index in [1.165, 1.54) is 26.0 Å². The molecule has 0 saturated carbocycles. The minimum atomic E-state index is -3.79. The molecule has 1 aliphatic rings. The monoisotopic (exact) mass is 517 g/mol. The zero-order chi connectivity index (χ0) is 24.4. The Kier molecular flexibility index (Phi) is 7.49. The molecule has 1 unspecified atom stereocenters. The first kappa shape index (κ1) is 25.2. The van der Waals surface area contributed by atoms with Crippen LogP contribution < -0.4 is 9.47 Å². The Morgan fingerprint density at radius 2 is 1.94 bits per heavy atom. The van der Waals surface area contributed by atoms with Crippen molar-refractivity contribution in [1.29, 1.82) is 0 Å². The maximum atomic E-state index is 13.5. The minimum absolute atomic E-state index is 0.0234. The van der Waals surface area contributed by atoms with Gasteiger partial charge in [0.15, 0.2) is 27.0 Å². The number of carbonyl (C=O) groups is 1. The van der Waals surface area contributed by atoms with E-state index in [-0.39, 0.29) is 40.9 Å². The van der Waals surface area contributed by atoms with E-state index in [0.717, 1.165) is 6.20 Å². The summed E-state index contributed by atoms with van der Waals surface area (Å²) < 4.78 is 59.2. The van der Waals surface area contributed by atoms with Crippen molar-refractivity contribution >= 4 is 37.2 Å². The number of hydrogen-bond acceptors (Lipinski definition) is 9. The fourth-order valence-corrected chi connectivity index (χ4v) is 6.08. The third-order valence-electron chi connectivity index (χ3n) is 5.29. The summed E-state index contributed by atoms with van der Waals surface area (Å²) in [4.78, 5) is 22.5. The van der Waals surface area contributed by atoms with Crippen LogP contribution in [0.5, 0.6) is 11.5 Å². The molecular weight excluding hydrogens is 494 g/mol. The quantitative estimate of drug-likeness (QED) is 0.480. The SMILES string of the molecule is CCS(=O)(=O)c1ncc(Cl)c(C(=O)N(Cc2ccc(OC)c(OC)c2)C2CCS(=O)(=O)C2)n1. The van der Waals surface area contributed by atoms with Crippen LogP contribution in [0.4, 0.5) is 0 Å². The lowest BCUT2D eigenvalue weighted by Gasteiger charge is -2.28. The van der Waals surface area contributed by atoms with E-state index in [9.17, 15) is 21.6 Å². The first-order valence-electron chi connectivity index (χ1n) is 9.99. The van der Waals surface area contributed by atoms with Gasteiger partial charge in [-0.25, -0.2) is 26.8 Å². The molecule has 0 radical (unpaired) electrons. The molecule has 1 aromatic carbocycles. The Labute approximate surface area is 197 Å². The van der Waals surface area contributed by atoms with Crippen LogP contribution in [-0.2, 0) is 26.2 Å². The summed E-state index contributed by atoms with van der Waals surface area (Å²) in [6.45, 7) is 1.46. The predicted octanol–water partition coefficient (Wildman–Crippen LogP) is 1.77. The van der Waals surface area contributed by atoms with Gasteiger partial charge in [0.05, 0.1) is 42.7 Å². The van der Waals surface area contributed by atoms with Crippen LogP contribution in [0.3, 0.4) is 0 Å².